The van der Waals surface area contributed by atoms with Gasteiger partial charge in [0.1, 0.15) is 0 Å². The lowest BCUT2D eigenvalue weighted by molar-refractivity contribution is -0.132. The minimum Gasteiger partial charge on any atom is -0.339 e. The molecule has 0 fully saturated rings. The van der Waals surface area contributed by atoms with Crippen molar-refractivity contribution < 1.29 is 4.79 Å². The number of benzene rings is 2. The van der Waals surface area contributed by atoms with E-state index in [9.17, 15) is 4.79 Å². The lowest BCUT2D eigenvalue weighted by Crippen LogP contribution is -2.30. The zero-order valence-electron chi connectivity index (χ0n) is 15.8. The minimum atomic E-state index is 0.0206. The summed E-state index contributed by atoms with van der Waals surface area (Å²) in [4.78, 5) is 14.5. The lowest BCUT2D eigenvalue weighted by atomic mass is 10.1. The third-order valence-corrected chi connectivity index (χ3v) is 5.15. The van der Waals surface area contributed by atoms with Crippen molar-refractivity contribution in [1.29, 1.82) is 0 Å². The molecule has 3 aromatic rings. The first-order valence-electron chi connectivity index (χ1n) is 9.00. The summed E-state index contributed by atoms with van der Waals surface area (Å²) in [6.07, 6.45) is 0.361. The quantitative estimate of drug-likeness (QED) is 0.640. The van der Waals surface area contributed by atoms with E-state index in [0.29, 0.717) is 17.7 Å². The fourth-order valence-corrected chi connectivity index (χ4v) is 3.31. The van der Waals surface area contributed by atoms with Crippen LogP contribution >= 0.6 is 12.2 Å². The summed E-state index contributed by atoms with van der Waals surface area (Å²) in [6.45, 7) is 4.57. The second-order valence-electron chi connectivity index (χ2n) is 6.71. The highest BCUT2D eigenvalue weighted by Gasteiger charge is 2.18. The van der Waals surface area contributed by atoms with E-state index in [-0.39, 0.29) is 11.9 Å². The molecule has 1 heterocycles. The number of rotatable bonds is 6. The smallest absolute Gasteiger partial charge is 0.224 e. The van der Waals surface area contributed by atoms with Gasteiger partial charge in [0, 0.05) is 25.6 Å². The van der Waals surface area contributed by atoms with Gasteiger partial charge in [-0.15, -0.1) is 0 Å². The topological polar surface area (TPSA) is 53.9 Å². The van der Waals surface area contributed by atoms with Gasteiger partial charge in [0.2, 0.25) is 5.91 Å². The molecule has 5 nitrogen and oxygen atoms in total. The summed E-state index contributed by atoms with van der Waals surface area (Å²) in [7, 11) is 1.84. The summed E-state index contributed by atoms with van der Waals surface area (Å²) < 4.78 is 2.42. The molecule has 2 aromatic carbocycles. The molecule has 0 aliphatic carbocycles. The Balaban J connectivity index is 1.73. The van der Waals surface area contributed by atoms with E-state index in [1.54, 1.807) is 4.90 Å². The van der Waals surface area contributed by atoms with Crippen molar-refractivity contribution >= 4 is 18.1 Å². The molecular formula is C21H24N4OS. The molecule has 0 unspecified atom stereocenters. The number of nitrogens with one attached hydrogen (secondary N) is 1. The van der Waals surface area contributed by atoms with Gasteiger partial charge < -0.3 is 4.90 Å². The Morgan fingerprint density at radius 3 is 2.67 bits per heavy atom. The molecule has 1 amide bonds. The number of carbonyl (C=O) groups is 1. The fourth-order valence-electron chi connectivity index (χ4n) is 3.08. The summed E-state index contributed by atoms with van der Waals surface area (Å²) in [5.41, 5.74) is 3.26. The first-order chi connectivity index (χ1) is 13.0. The largest absolute Gasteiger partial charge is 0.339 e. The molecule has 27 heavy (non-hydrogen) atoms. The van der Waals surface area contributed by atoms with Crippen molar-refractivity contribution in [3.05, 3.63) is 70.5 Å². The third kappa shape index (κ3) is 4.34. The van der Waals surface area contributed by atoms with Crippen LogP contribution in [0.4, 0.5) is 0 Å². The zero-order valence-corrected chi connectivity index (χ0v) is 16.7. The number of aromatic nitrogens is 3. The molecule has 6 heteroatoms. The number of H-pyrrole nitrogens is 1. The Morgan fingerprint density at radius 2 is 1.96 bits per heavy atom. The SMILES string of the molecule is Cc1cccc(-c2n[nH]c(=S)n2CCC(=O)N(C)[C@@H](C)c2ccccc2)c1. The van der Waals surface area contributed by atoms with Gasteiger partial charge in [-0.3, -0.25) is 14.5 Å². The van der Waals surface area contributed by atoms with Gasteiger partial charge in [0.15, 0.2) is 10.6 Å². The third-order valence-electron chi connectivity index (χ3n) is 4.84. The maximum atomic E-state index is 12.7. The van der Waals surface area contributed by atoms with Crippen molar-refractivity contribution in [3.63, 3.8) is 0 Å². The van der Waals surface area contributed by atoms with Gasteiger partial charge in [-0.25, -0.2) is 0 Å². The highest BCUT2D eigenvalue weighted by Crippen LogP contribution is 2.21. The van der Waals surface area contributed by atoms with Crippen LogP contribution < -0.4 is 0 Å². The maximum absolute atomic E-state index is 12.7. The molecular weight excluding hydrogens is 356 g/mol. The fraction of sp³-hybridized carbons (Fsp3) is 0.286. The Bertz CT molecular complexity index is 977. The average molecular weight is 381 g/mol. The van der Waals surface area contributed by atoms with Gasteiger partial charge in [0.25, 0.3) is 0 Å². The average Bonchev–Trinajstić information content (AvgIpc) is 3.06. The molecule has 0 bridgehead atoms. The Labute approximate surface area is 164 Å². The van der Waals surface area contributed by atoms with Gasteiger partial charge >= 0.3 is 0 Å². The predicted molar refractivity (Wildman–Crippen MR) is 110 cm³/mol. The van der Waals surface area contributed by atoms with Gasteiger partial charge in [-0.05, 0) is 37.7 Å². The minimum absolute atomic E-state index is 0.0206. The maximum Gasteiger partial charge on any atom is 0.224 e. The molecule has 0 aliphatic heterocycles. The van der Waals surface area contributed by atoms with Crippen LogP contribution in [-0.2, 0) is 11.3 Å². The zero-order chi connectivity index (χ0) is 19.4. The van der Waals surface area contributed by atoms with E-state index in [1.807, 2.05) is 74.0 Å². The number of hydrogen-bond donors (Lipinski definition) is 1. The molecule has 1 N–H and O–H groups in total. The van der Waals surface area contributed by atoms with Crippen molar-refractivity contribution in [2.45, 2.75) is 32.9 Å². The number of aryl methyl sites for hydroxylation is 1. The Hall–Kier alpha value is -2.73. The van der Waals surface area contributed by atoms with E-state index < -0.39 is 0 Å². The van der Waals surface area contributed by atoms with Crippen LogP contribution in [0.15, 0.2) is 54.6 Å². The molecule has 140 valence electrons. The molecule has 1 aromatic heterocycles. The van der Waals surface area contributed by atoms with Crippen LogP contribution in [0.25, 0.3) is 11.4 Å². The highest BCUT2D eigenvalue weighted by molar-refractivity contribution is 7.71. The number of hydrogen-bond acceptors (Lipinski definition) is 3. The predicted octanol–water partition coefficient (Wildman–Crippen LogP) is 4.53. The molecule has 1 atom stereocenters. The molecule has 3 rings (SSSR count). The van der Waals surface area contributed by atoms with Gasteiger partial charge in [-0.2, -0.15) is 5.10 Å². The lowest BCUT2D eigenvalue weighted by Gasteiger charge is -2.25. The molecule has 0 spiro atoms. The van der Waals surface area contributed by atoms with Crippen molar-refractivity contribution in [2.24, 2.45) is 0 Å². The first-order valence-corrected chi connectivity index (χ1v) is 9.41. The van der Waals surface area contributed by atoms with E-state index >= 15 is 0 Å². The van der Waals surface area contributed by atoms with Gasteiger partial charge in [0.05, 0.1) is 6.04 Å². The Morgan fingerprint density at radius 1 is 1.22 bits per heavy atom. The van der Waals surface area contributed by atoms with Crippen LogP contribution in [0.2, 0.25) is 0 Å². The number of aromatic amines is 1. The number of nitrogens with zero attached hydrogens (tertiary/aromatic N) is 3. The monoisotopic (exact) mass is 380 g/mol. The summed E-state index contributed by atoms with van der Waals surface area (Å²) in [5.74, 6) is 0.833. The van der Waals surface area contributed by atoms with E-state index in [1.165, 1.54) is 0 Å². The molecule has 0 aliphatic rings. The first kappa shape index (κ1) is 19.0. The summed E-state index contributed by atoms with van der Waals surface area (Å²) >= 11 is 5.37. The normalized spacial score (nSPS) is 12.0. The highest BCUT2D eigenvalue weighted by atomic mass is 32.1. The van der Waals surface area contributed by atoms with Crippen LogP contribution in [0, 0.1) is 11.7 Å². The van der Waals surface area contributed by atoms with Gasteiger partial charge in [-0.1, -0.05) is 54.1 Å². The van der Waals surface area contributed by atoms with E-state index in [2.05, 4.69) is 16.3 Å². The van der Waals surface area contributed by atoms with Crippen molar-refractivity contribution in [2.75, 3.05) is 7.05 Å². The summed E-state index contributed by atoms with van der Waals surface area (Å²) in [6, 6.07) is 18.1. The molecule has 0 saturated carbocycles. The Kier molecular flexibility index (Phi) is 5.86. The van der Waals surface area contributed by atoms with Crippen LogP contribution in [0.5, 0.6) is 0 Å². The second-order valence-corrected chi connectivity index (χ2v) is 7.10. The number of amides is 1. The van der Waals surface area contributed by atoms with Crippen LogP contribution in [0.1, 0.15) is 30.5 Å². The molecule has 0 radical (unpaired) electrons. The molecule has 0 saturated heterocycles. The van der Waals surface area contributed by atoms with Crippen molar-refractivity contribution in [3.8, 4) is 11.4 Å². The van der Waals surface area contributed by atoms with Crippen LogP contribution in [0.3, 0.4) is 0 Å². The van der Waals surface area contributed by atoms with E-state index in [0.717, 1.165) is 22.5 Å². The number of carbonyl (C=O) groups excluding carboxylic acids is 1. The second kappa shape index (κ2) is 8.31. The van der Waals surface area contributed by atoms with Crippen molar-refractivity contribution in [1.82, 2.24) is 19.7 Å². The standard InChI is InChI=1S/C21H24N4OS/c1-15-8-7-11-18(14-15)20-22-23-21(27)25(20)13-12-19(26)24(3)16(2)17-9-5-4-6-10-17/h4-11,14,16H,12-13H2,1-3H3,(H,23,27)/t16-/m0/s1. The van der Waals surface area contributed by atoms with E-state index in [4.69, 9.17) is 12.2 Å². The van der Waals surface area contributed by atoms with Crippen LogP contribution in [-0.4, -0.2) is 32.6 Å². The summed E-state index contributed by atoms with van der Waals surface area (Å²) in [5, 5.41) is 7.20.